The molecule has 6 nitrogen and oxygen atoms in total. The van der Waals surface area contributed by atoms with E-state index in [2.05, 4.69) is 20.6 Å². The summed E-state index contributed by atoms with van der Waals surface area (Å²) < 4.78 is 1.51. The Morgan fingerprint density at radius 2 is 2.00 bits per heavy atom. The lowest BCUT2D eigenvalue weighted by Crippen LogP contribution is -2.23. The monoisotopic (exact) mass is 341 g/mol. The lowest BCUT2D eigenvalue weighted by Gasteiger charge is -2.04. The van der Waals surface area contributed by atoms with Crippen LogP contribution in [-0.4, -0.2) is 25.9 Å². The van der Waals surface area contributed by atoms with Gasteiger partial charge in [0.05, 0.1) is 6.54 Å². The molecular weight excluding hydrogens is 326 g/mol. The van der Waals surface area contributed by atoms with E-state index in [4.69, 9.17) is 11.6 Å². The van der Waals surface area contributed by atoms with Crippen LogP contribution in [0.25, 0.3) is 0 Å². The van der Waals surface area contributed by atoms with E-state index >= 15 is 0 Å². The number of benzene rings is 1. The van der Waals surface area contributed by atoms with Gasteiger partial charge in [0.15, 0.2) is 10.8 Å². The molecule has 0 saturated heterocycles. The quantitative estimate of drug-likeness (QED) is 0.774. The lowest BCUT2D eigenvalue weighted by molar-refractivity contribution is 0.0946. The smallest absolute Gasteiger partial charge is 0.275 e. The fourth-order valence-electron chi connectivity index (χ4n) is 2.18. The van der Waals surface area contributed by atoms with Crippen molar-refractivity contribution in [3.63, 3.8) is 0 Å². The normalized spacial score (nSPS) is 10.6. The van der Waals surface area contributed by atoms with Gasteiger partial charge in [-0.2, -0.15) is 0 Å². The van der Waals surface area contributed by atoms with Crippen LogP contribution in [0, 0.1) is 6.92 Å². The van der Waals surface area contributed by atoms with E-state index in [1.807, 2.05) is 43.3 Å². The maximum absolute atomic E-state index is 12.2. The molecule has 0 aliphatic rings. The molecule has 0 unspecified atom stereocenters. The molecule has 0 spiro atoms. The predicted molar refractivity (Wildman–Crippen MR) is 90.7 cm³/mol. The zero-order valence-corrected chi connectivity index (χ0v) is 13.9. The van der Waals surface area contributed by atoms with Gasteiger partial charge in [0.1, 0.15) is 0 Å². The van der Waals surface area contributed by atoms with Gasteiger partial charge in [-0.1, -0.05) is 52.7 Å². The first-order chi connectivity index (χ1) is 11.6. The van der Waals surface area contributed by atoms with Gasteiger partial charge in [-0.3, -0.25) is 9.78 Å². The minimum absolute atomic E-state index is 0.118. The molecule has 1 aromatic carbocycles. The molecule has 1 amide bonds. The Morgan fingerprint density at radius 3 is 2.71 bits per heavy atom. The molecule has 3 rings (SSSR count). The average Bonchev–Trinajstić information content (AvgIpc) is 2.96. The van der Waals surface area contributed by atoms with Crippen LogP contribution in [-0.2, 0) is 13.1 Å². The van der Waals surface area contributed by atoms with Crippen molar-refractivity contribution >= 4 is 17.5 Å². The second-order valence-electron chi connectivity index (χ2n) is 5.42. The van der Waals surface area contributed by atoms with E-state index in [1.165, 1.54) is 10.2 Å². The van der Waals surface area contributed by atoms with Gasteiger partial charge in [-0.15, -0.1) is 5.10 Å². The maximum Gasteiger partial charge on any atom is 0.275 e. The Balaban J connectivity index is 1.67. The zero-order valence-electron chi connectivity index (χ0n) is 13.1. The second-order valence-corrected chi connectivity index (χ2v) is 5.77. The molecular formula is C17H16ClN5O. The van der Waals surface area contributed by atoms with E-state index in [0.29, 0.717) is 13.1 Å². The summed E-state index contributed by atoms with van der Waals surface area (Å²) >= 11 is 6.25. The molecule has 24 heavy (non-hydrogen) atoms. The Morgan fingerprint density at radius 1 is 1.21 bits per heavy atom. The van der Waals surface area contributed by atoms with Gasteiger partial charge in [-0.05, 0) is 24.1 Å². The molecule has 0 fully saturated rings. The first-order valence-electron chi connectivity index (χ1n) is 7.45. The molecule has 0 radical (unpaired) electrons. The highest BCUT2D eigenvalue weighted by atomic mass is 35.5. The summed E-state index contributed by atoms with van der Waals surface area (Å²) in [6, 6.07) is 11.7. The van der Waals surface area contributed by atoms with E-state index in [9.17, 15) is 4.79 Å². The number of halogens is 1. The van der Waals surface area contributed by atoms with Gasteiger partial charge in [0.25, 0.3) is 5.91 Å². The summed E-state index contributed by atoms with van der Waals surface area (Å²) in [6.07, 6.45) is 3.37. The average molecular weight is 342 g/mol. The largest absolute Gasteiger partial charge is 0.346 e. The highest BCUT2D eigenvalue weighted by molar-refractivity contribution is 6.32. The molecule has 7 heteroatoms. The van der Waals surface area contributed by atoms with Crippen molar-refractivity contribution in [2.75, 3.05) is 0 Å². The molecule has 3 aromatic rings. The second kappa shape index (κ2) is 7.23. The molecule has 0 aliphatic heterocycles. The lowest BCUT2D eigenvalue weighted by atomic mass is 10.1. The van der Waals surface area contributed by atoms with E-state index in [-0.39, 0.29) is 16.8 Å². The molecule has 0 saturated carbocycles. The minimum atomic E-state index is -0.362. The number of carbonyl (C=O) groups excluding carboxylic acids is 1. The summed E-state index contributed by atoms with van der Waals surface area (Å²) in [5.74, 6) is -0.362. The summed E-state index contributed by atoms with van der Waals surface area (Å²) in [5, 5.41) is 10.8. The maximum atomic E-state index is 12.2. The minimum Gasteiger partial charge on any atom is -0.346 e. The fourth-order valence-corrected chi connectivity index (χ4v) is 2.39. The molecule has 0 bridgehead atoms. The Kier molecular flexibility index (Phi) is 4.86. The fraction of sp³-hybridized carbons (Fsp3) is 0.176. The predicted octanol–water partition coefficient (Wildman–Crippen LogP) is 2.61. The van der Waals surface area contributed by atoms with Crippen molar-refractivity contribution in [2.45, 2.75) is 20.0 Å². The summed E-state index contributed by atoms with van der Waals surface area (Å²) in [6.45, 7) is 2.84. The van der Waals surface area contributed by atoms with E-state index in [0.717, 1.165) is 11.1 Å². The topological polar surface area (TPSA) is 72.7 Å². The number of amides is 1. The van der Waals surface area contributed by atoms with Gasteiger partial charge in [0, 0.05) is 18.9 Å². The first kappa shape index (κ1) is 16.1. The van der Waals surface area contributed by atoms with Crippen molar-refractivity contribution in [3.8, 4) is 0 Å². The number of rotatable bonds is 5. The Hall–Kier alpha value is -2.73. The third kappa shape index (κ3) is 3.78. The van der Waals surface area contributed by atoms with Gasteiger partial charge >= 0.3 is 0 Å². The van der Waals surface area contributed by atoms with Crippen molar-refractivity contribution in [1.29, 1.82) is 0 Å². The van der Waals surface area contributed by atoms with Crippen molar-refractivity contribution in [1.82, 2.24) is 25.3 Å². The SMILES string of the molecule is Cc1ccc(Cn2nnc(C(=O)NCc3cccnc3)c2Cl)cc1. The highest BCUT2D eigenvalue weighted by Gasteiger charge is 2.18. The third-order valence-electron chi connectivity index (χ3n) is 3.52. The number of aryl methyl sites for hydroxylation is 1. The van der Waals surface area contributed by atoms with Crippen LogP contribution < -0.4 is 5.32 Å². The van der Waals surface area contributed by atoms with Crippen molar-refractivity contribution < 1.29 is 4.79 Å². The molecule has 1 N–H and O–H groups in total. The van der Waals surface area contributed by atoms with Gasteiger partial charge < -0.3 is 5.32 Å². The zero-order chi connectivity index (χ0) is 16.9. The molecule has 0 aliphatic carbocycles. The summed E-state index contributed by atoms with van der Waals surface area (Å²) in [4.78, 5) is 16.2. The highest BCUT2D eigenvalue weighted by Crippen LogP contribution is 2.15. The van der Waals surface area contributed by atoms with E-state index in [1.54, 1.807) is 12.4 Å². The molecule has 0 atom stereocenters. The van der Waals surface area contributed by atoms with Crippen LogP contribution in [0.5, 0.6) is 0 Å². The molecule has 122 valence electrons. The number of aromatic nitrogens is 4. The number of hydrogen-bond donors (Lipinski definition) is 1. The van der Waals surface area contributed by atoms with Gasteiger partial charge in [-0.25, -0.2) is 4.68 Å². The Labute approximate surface area is 144 Å². The van der Waals surface area contributed by atoms with Crippen LogP contribution in [0.3, 0.4) is 0 Å². The van der Waals surface area contributed by atoms with E-state index < -0.39 is 0 Å². The first-order valence-corrected chi connectivity index (χ1v) is 7.83. The third-order valence-corrected chi connectivity index (χ3v) is 3.89. The number of carbonyl (C=O) groups is 1. The number of nitrogens with one attached hydrogen (secondary N) is 1. The van der Waals surface area contributed by atoms with Crippen LogP contribution in [0.4, 0.5) is 0 Å². The summed E-state index contributed by atoms with van der Waals surface area (Å²) in [7, 11) is 0. The van der Waals surface area contributed by atoms with Crippen molar-refractivity contribution in [2.24, 2.45) is 0 Å². The number of nitrogens with zero attached hydrogens (tertiary/aromatic N) is 4. The van der Waals surface area contributed by atoms with Crippen molar-refractivity contribution in [3.05, 3.63) is 76.3 Å². The van der Waals surface area contributed by atoms with Gasteiger partial charge in [0.2, 0.25) is 0 Å². The number of hydrogen-bond acceptors (Lipinski definition) is 4. The van der Waals surface area contributed by atoms with Crippen LogP contribution >= 0.6 is 11.6 Å². The standard InChI is InChI=1S/C17H16ClN5O/c1-12-4-6-13(7-5-12)11-23-16(18)15(21-22-23)17(24)20-10-14-3-2-8-19-9-14/h2-9H,10-11H2,1H3,(H,20,24). The molecule has 2 aromatic heterocycles. The van der Waals surface area contributed by atoms with Crippen LogP contribution in [0.2, 0.25) is 5.15 Å². The molecule has 2 heterocycles. The summed E-state index contributed by atoms with van der Waals surface area (Å²) in [5.41, 5.74) is 3.23. The number of pyridine rings is 1. The Bertz CT molecular complexity index is 830. The van der Waals surface area contributed by atoms with Crippen LogP contribution in [0.1, 0.15) is 27.2 Å². The van der Waals surface area contributed by atoms with Crippen LogP contribution in [0.15, 0.2) is 48.8 Å².